The fraction of sp³-hybridized carbons (Fsp3) is 0.250. The van der Waals surface area contributed by atoms with Crippen LogP contribution >= 0.6 is 12.2 Å². The zero-order valence-corrected chi connectivity index (χ0v) is 8.24. The molecule has 0 saturated carbocycles. The predicted octanol–water partition coefficient (Wildman–Crippen LogP) is 1.19. The van der Waals surface area contributed by atoms with Gasteiger partial charge in [-0.15, -0.1) is 6.58 Å². The van der Waals surface area contributed by atoms with Crippen molar-refractivity contribution in [3.05, 3.63) is 24.4 Å². The lowest BCUT2D eigenvalue weighted by atomic mass is 10.5. The van der Waals surface area contributed by atoms with Gasteiger partial charge in [-0.2, -0.15) is 5.10 Å². The lowest BCUT2D eigenvalue weighted by Gasteiger charge is -2.04. The van der Waals surface area contributed by atoms with E-state index in [2.05, 4.69) is 27.4 Å². The monoisotopic (exact) mass is 196 g/mol. The van der Waals surface area contributed by atoms with Crippen molar-refractivity contribution in [1.82, 2.24) is 15.5 Å². The molecule has 0 fully saturated rings. The van der Waals surface area contributed by atoms with Gasteiger partial charge in [0.25, 0.3) is 0 Å². The summed E-state index contributed by atoms with van der Waals surface area (Å²) in [4.78, 5) is 0. The van der Waals surface area contributed by atoms with E-state index in [1.165, 1.54) is 0 Å². The highest BCUT2D eigenvalue weighted by molar-refractivity contribution is 7.80. The number of hydrogen-bond acceptors (Lipinski definition) is 2. The van der Waals surface area contributed by atoms with Gasteiger partial charge < -0.3 is 10.6 Å². The van der Waals surface area contributed by atoms with Gasteiger partial charge in [0.2, 0.25) is 0 Å². The van der Waals surface area contributed by atoms with Crippen LogP contribution in [0.3, 0.4) is 0 Å². The molecule has 0 aliphatic rings. The number of aryl methyl sites for hydroxylation is 1. The van der Waals surface area contributed by atoms with Crippen molar-refractivity contribution in [2.24, 2.45) is 0 Å². The van der Waals surface area contributed by atoms with Crippen molar-refractivity contribution in [3.63, 3.8) is 0 Å². The van der Waals surface area contributed by atoms with Crippen LogP contribution in [0.25, 0.3) is 0 Å². The van der Waals surface area contributed by atoms with Crippen LogP contribution in [0.2, 0.25) is 0 Å². The van der Waals surface area contributed by atoms with E-state index in [1.807, 2.05) is 13.0 Å². The SMILES string of the molecule is C=CCNC(=S)Nc1cc(C)[nH]n1. The molecule has 1 rings (SSSR count). The van der Waals surface area contributed by atoms with Crippen LogP contribution in [0.15, 0.2) is 18.7 Å². The molecule has 0 aromatic carbocycles. The maximum absolute atomic E-state index is 4.99. The summed E-state index contributed by atoms with van der Waals surface area (Å²) in [5.41, 5.74) is 0.994. The fourth-order valence-electron chi connectivity index (χ4n) is 0.807. The van der Waals surface area contributed by atoms with Crippen LogP contribution in [-0.2, 0) is 0 Å². The number of H-pyrrole nitrogens is 1. The number of rotatable bonds is 3. The second kappa shape index (κ2) is 4.61. The van der Waals surface area contributed by atoms with E-state index < -0.39 is 0 Å². The van der Waals surface area contributed by atoms with Crippen molar-refractivity contribution in [2.75, 3.05) is 11.9 Å². The van der Waals surface area contributed by atoms with E-state index in [0.29, 0.717) is 11.7 Å². The molecule has 1 heterocycles. The Kier molecular flexibility index (Phi) is 3.45. The molecule has 1 aromatic heterocycles. The topological polar surface area (TPSA) is 52.7 Å². The average molecular weight is 196 g/mol. The fourth-order valence-corrected chi connectivity index (χ4v) is 0.995. The average Bonchev–Trinajstić information content (AvgIpc) is 2.48. The van der Waals surface area contributed by atoms with Gasteiger partial charge in [-0.1, -0.05) is 6.08 Å². The zero-order valence-electron chi connectivity index (χ0n) is 7.42. The van der Waals surface area contributed by atoms with Crippen LogP contribution in [-0.4, -0.2) is 21.9 Å². The standard InChI is InChI=1S/C8H12N4S/c1-3-4-9-8(13)10-7-5-6(2)11-12-7/h3,5H,1,4H2,2H3,(H3,9,10,11,12,13). The third-order valence-corrected chi connectivity index (χ3v) is 1.60. The van der Waals surface area contributed by atoms with E-state index in [4.69, 9.17) is 12.2 Å². The van der Waals surface area contributed by atoms with Crippen LogP contribution in [0.1, 0.15) is 5.69 Å². The first-order valence-corrected chi connectivity index (χ1v) is 4.31. The molecule has 3 N–H and O–H groups in total. The van der Waals surface area contributed by atoms with Crippen molar-refractivity contribution in [1.29, 1.82) is 0 Å². The summed E-state index contributed by atoms with van der Waals surface area (Å²) in [6.45, 7) is 6.15. The summed E-state index contributed by atoms with van der Waals surface area (Å²) in [5.74, 6) is 0.721. The van der Waals surface area contributed by atoms with E-state index in [9.17, 15) is 0 Å². The molecule has 13 heavy (non-hydrogen) atoms. The van der Waals surface area contributed by atoms with Gasteiger partial charge >= 0.3 is 0 Å². The van der Waals surface area contributed by atoms with Gasteiger partial charge in [0, 0.05) is 18.3 Å². The van der Waals surface area contributed by atoms with Gasteiger partial charge in [-0.3, -0.25) is 5.10 Å². The third-order valence-electron chi connectivity index (χ3n) is 1.35. The lowest BCUT2D eigenvalue weighted by molar-refractivity contribution is 1.04. The minimum atomic E-state index is 0.548. The number of aromatic nitrogens is 2. The molecule has 0 atom stereocenters. The molecule has 5 heteroatoms. The minimum Gasteiger partial charge on any atom is -0.359 e. The number of hydrogen-bond donors (Lipinski definition) is 3. The van der Waals surface area contributed by atoms with Gasteiger partial charge in [0.15, 0.2) is 10.9 Å². The normalized spacial score (nSPS) is 9.31. The van der Waals surface area contributed by atoms with E-state index in [0.717, 1.165) is 11.5 Å². The van der Waals surface area contributed by atoms with Crippen molar-refractivity contribution in [3.8, 4) is 0 Å². The molecule has 1 aromatic rings. The van der Waals surface area contributed by atoms with Gasteiger partial charge in [0.1, 0.15) is 0 Å². The van der Waals surface area contributed by atoms with E-state index >= 15 is 0 Å². The summed E-state index contributed by atoms with van der Waals surface area (Å²) in [6, 6.07) is 1.88. The van der Waals surface area contributed by atoms with Gasteiger partial charge in [-0.05, 0) is 19.1 Å². The van der Waals surface area contributed by atoms with Crippen molar-refractivity contribution >= 4 is 23.1 Å². The molecular formula is C8H12N4S. The summed E-state index contributed by atoms with van der Waals surface area (Å²) >= 11 is 4.99. The molecule has 0 aliphatic carbocycles. The number of anilines is 1. The second-order valence-corrected chi connectivity index (χ2v) is 2.97. The largest absolute Gasteiger partial charge is 0.359 e. The van der Waals surface area contributed by atoms with Gasteiger partial charge in [0.05, 0.1) is 0 Å². The summed E-state index contributed by atoms with van der Waals surface area (Å²) in [6.07, 6.45) is 1.74. The number of thiocarbonyl (C=S) groups is 1. The first-order valence-electron chi connectivity index (χ1n) is 3.90. The Morgan fingerprint density at radius 3 is 3.15 bits per heavy atom. The summed E-state index contributed by atoms with van der Waals surface area (Å²) in [5, 5.41) is 13.2. The van der Waals surface area contributed by atoms with Gasteiger partial charge in [-0.25, -0.2) is 0 Å². The van der Waals surface area contributed by atoms with E-state index in [-0.39, 0.29) is 0 Å². The number of aromatic amines is 1. The third kappa shape index (κ3) is 3.25. The van der Waals surface area contributed by atoms with Crippen molar-refractivity contribution < 1.29 is 0 Å². The molecule has 0 amide bonds. The molecule has 0 unspecified atom stereocenters. The predicted molar refractivity (Wildman–Crippen MR) is 57.7 cm³/mol. The summed E-state index contributed by atoms with van der Waals surface area (Å²) < 4.78 is 0. The molecule has 0 aliphatic heterocycles. The Labute approximate surface area is 82.4 Å². The number of nitrogens with zero attached hydrogens (tertiary/aromatic N) is 1. The Balaban J connectivity index is 2.40. The quantitative estimate of drug-likeness (QED) is 0.502. The lowest BCUT2D eigenvalue weighted by Crippen LogP contribution is -2.28. The molecule has 70 valence electrons. The first kappa shape index (κ1) is 9.73. The Bertz CT molecular complexity index is 305. The second-order valence-electron chi connectivity index (χ2n) is 2.56. The molecule has 0 spiro atoms. The maximum Gasteiger partial charge on any atom is 0.172 e. The van der Waals surface area contributed by atoms with Crippen LogP contribution in [0, 0.1) is 6.92 Å². The molecule has 0 bridgehead atoms. The van der Waals surface area contributed by atoms with Crippen LogP contribution in [0.4, 0.5) is 5.82 Å². The van der Waals surface area contributed by atoms with Crippen LogP contribution in [0.5, 0.6) is 0 Å². The zero-order chi connectivity index (χ0) is 9.68. The molecule has 4 nitrogen and oxygen atoms in total. The highest BCUT2D eigenvalue weighted by Gasteiger charge is 1.98. The highest BCUT2D eigenvalue weighted by Crippen LogP contribution is 2.02. The Hall–Kier alpha value is -1.36. The molecule has 0 radical (unpaired) electrons. The van der Waals surface area contributed by atoms with E-state index in [1.54, 1.807) is 6.08 Å². The highest BCUT2D eigenvalue weighted by atomic mass is 32.1. The number of nitrogens with one attached hydrogen (secondary N) is 3. The minimum absolute atomic E-state index is 0.548. The summed E-state index contributed by atoms with van der Waals surface area (Å²) in [7, 11) is 0. The smallest absolute Gasteiger partial charge is 0.172 e. The Morgan fingerprint density at radius 1 is 1.85 bits per heavy atom. The van der Waals surface area contributed by atoms with Crippen molar-refractivity contribution in [2.45, 2.75) is 6.92 Å². The Morgan fingerprint density at radius 2 is 2.62 bits per heavy atom. The molecule has 0 saturated heterocycles. The first-order chi connectivity index (χ1) is 6.22. The van der Waals surface area contributed by atoms with Crippen LogP contribution < -0.4 is 10.6 Å². The molecular weight excluding hydrogens is 184 g/mol. The maximum atomic E-state index is 4.99.